The maximum Gasteiger partial charge on any atom is 0.330 e. The van der Waals surface area contributed by atoms with E-state index in [0.29, 0.717) is 0 Å². The minimum atomic E-state index is -1.45. The third-order valence-electron chi connectivity index (χ3n) is 4.93. The molecule has 2 aliphatic heterocycles. The highest BCUT2D eigenvalue weighted by Gasteiger charge is 2.47. The van der Waals surface area contributed by atoms with Gasteiger partial charge in [0.15, 0.2) is 12.5 Å². The van der Waals surface area contributed by atoms with Crippen molar-refractivity contribution in [3.05, 3.63) is 32.6 Å². The summed E-state index contributed by atoms with van der Waals surface area (Å²) in [5.74, 6) is 0. The van der Waals surface area contributed by atoms with E-state index in [9.17, 15) is 30.0 Å². The zero-order valence-electron chi connectivity index (χ0n) is 15.3. The highest BCUT2D eigenvalue weighted by Crippen LogP contribution is 2.30. The predicted molar refractivity (Wildman–Crippen MR) is 90.5 cm³/mol. The van der Waals surface area contributed by atoms with Crippen LogP contribution in [0.1, 0.15) is 11.8 Å². The van der Waals surface area contributed by atoms with E-state index in [-0.39, 0.29) is 12.2 Å². The summed E-state index contributed by atoms with van der Waals surface area (Å²) in [6, 6.07) is 0. The molecule has 2 fully saturated rings. The molecular weight excluding hydrogens is 380 g/mol. The van der Waals surface area contributed by atoms with Crippen LogP contribution in [-0.2, 0) is 18.9 Å². The number of hydrogen-bond donors (Lipinski definition) is 5. The fourth-order valence-corrected chi connectivity index (χ4v) is 3.30. The van der Waals surface area contributed by atoms with Crippen molar-refractivity contribution in [1.29, 1.82) is 0 Å². The Morgan fingerprint density at radius 1 is 1.14 bits per heavy atom. The topological polar surface area (TPSA) is 173 Å². The standard InChI is InChI=1S/C16H24N2O10/c1-6-3-18(16(24)17-13(6)23)14-11(22)9(20)8(27-14)5-26-15-12(25-2)10(21)7(4-19)28-15/h3,7-12,14-15,19-22H,4-5H2,1-2H3,(H,17,23,24)/t7-,8-,9-,10-,11-,12-,14-,15?/m1/s1. The number of nitrogens with one attached hydrogen (secondary N) is 1. The Kier molecular flexibility index (Phi) is 6.31. The SMILES string of the molecule is CO[C@H]1C(OC[C@H]2O[C@@H](n3cc(C)c(=O)[nH]c3=O)[C@H](O)[C@@H]2O)O[C@H](CO)[C@H]1O. The van der Waals surface area contributed by atoms with Crippen molar-refractivity contribution in [1.82, 2.24) is 9.55 Å². The van der Waals surface area contributed by atoms with Crippen LogP contribution in [0.4, 0.5) is 0 Å². The number of hydrogen-bond acceptors (Lipinski definition) is 10. The van der Waals surface area contributed by atoms with Crippen LogP contribution in [-0.4, -0.2) is 93.2 Å². The molecule has 0 aliphatic carbocycles. The monoisotopic (exact) mass is 404 g/mol. The molecule has 28 heavy (non-hydrogen) atoms. The lowest BCUT2D eigenvalue weighted by molar-refractivity contribution is -0.195. The van der Waals surface area contributed by atoms with E-state index in [1.807, 2.05) is 0 Å². The van der Waals surface area contributed by atoms with Gasteiger partial charge in [-0.25, -0.2) is 4.79 Å². The Bertz CT molecular complexity index is 794. The number of ether oxygens (including phenoxy) is 4. The number of aliphatic hydroxyl groups excluding tert-OH is 4. The number of rotatable bonds is 6. The Morgan fingerprint density at radius 2 is 1.86 bits per heavy atom. The lowest BCUT2D eigenvalue weighted by Crippen LogP contribution is -2.39. The summed E-state index contributed by atoms with van der Waals surface area (Å²) in [6.07, 6.45) is -7.73. The second kappa shape index (κ2) is 8.39. The van der Waals surface area contributed by atoms with E-state index in [1.54, 1.807) is 0 Å². The molecule has 158 valence electrons. The largest absolute Gasteiger partial charge is 0.394 e. The summed E-state index contributed by atoms with van der Waals surface area (Å²) < 4.78 is 22.5. The highest BCUT2D eigenvalue weighted by atomic mass is 16.7. The summed E-state index contributed by atoms with van der Waals surface area (Å²) in [5.41, 5.74) is -1.12. The van der Waals surface area contributed by atoms with Gasteiger partial charge in [0.2, 0.25) is 0 Å². The maximum atomic E-state index is 12.0. The van der Waals surface area contributed by atoms with Crippen molar-refractivity contribution in [2.24, 2.45) is 0 Å². The number of H-pyrrole nitrogens is 1. The third kappa shape index (κ3) is 3.77. The summed E-state index contributed by atoms with van der Waals surface area (Å²) in [4.78, 5) is 25.6. The van der Waals surface area contributed by atoms with Gasteiger partial charge in [-0.3, -0.25) is 14.3 Å². The third-order valence-corrected chi connectivity index (χ3v) is 4.93. The molecule has 0 amide bonds. The average molecular weight is 404 g/mol. The van der Waals surface area contributed by atoms with E-state index in [4.69, 9.17) is 18.9 Å². The highest BCUT2D eigenvalue weighted by molar-refractivity contribution is 5.03. The zero-order chi connectivity index (χ0) is 20.6. The molecule has 0 aromatic carbocycles. The lowest BCUT2D eigenvalue weighted by Gasteiger charge is -2.22. The number of methoxy groups -OCH3 is 1. The smallest absolute Gasteiger partial charge is 0.330 e. The van der Waals surface area contributed by atoms with Crippen molar-refractivity contribution in [2.45, 2.75) is 56.1 Å². The molecule has 3 rings (SSSR count). The van der Waals surface area contributed by atoms with Gasteiger partial charge in [-0.15, -0.1) is 0 Å². The molecular formula is C16H24N2O10. The first-order valence-electron chi connectivity index (χ1n) is 8.71. The molecule has 2 saturated heterocycles. The van der Waals surface area contributed by atoms with E-state index >= 15 is 0 Å². The van der Waals surface area contributed by atoms with Crippen molar-refractivity contribution in [3.8, 4) is 0 Å². The number of aromatic amines is 1. The van der Waals surface area contributed by atoms with Gasteiger partial charge in [0, 0.05) is 18.9 Å². The Labute approximate surface area is 158 Å². The van der Waals surface area contributed by atoms with Crippen molar-refractivity contribution >= 4 is 0 Å². The van der Waals surface area contributed by atoms with Crippen LogP contribution >= 0.6 is 0 Å². The Hall–Kier alpha value is -1.64. The van der Waals surface area contributed by atoms with E-state index in [0.717, 1.165) is 4.57 Å². The van der Waals surface area contributed by atoms with Crippen molar-refractivity contribution in [3.63, 3.8) is 0 Å². The first-order valence-corrected chi connectivity index (χ1v) is 8.71. The van der Waals surface area contributed by atoms with Gasteiger partial charge >= 0.3 is 5.69 Å². The number of aryl methyl sites for hydroxylation is 1. The molecule has 1 aromatic heterocycles. The van der Waals surface area contributed by atoms with Gasteiger partial charge in [-0.2, -0.15) is 0 Å². The van der Waals surface area contributed by atoms with E-state index in [1.165, 1.54) is 20.2 Å². The minimum Gasteiger partial charge on any atom is -0.394 e. The van der Waals surface area contributed by atoms with E-state index in [2.05, 4.69) is 4.98 Å². The predicted octanol–water partition coefficient (Wildman–Crippen LogP) is -3.43. The van der Waals surface area contributed by atoms with E-state index < -0.39 is 67.0 Å². The quantitative estimate of drug-likeness (QED) is 0.321. The van der Waals surface area contributed by atoms with Crippen molar-refractivity contribution in [2.75, 3.05) is 20.3 Å². The molecule has 0 bridgehead atoms. The van der Waals surface area contributed by atoms with Crippen LogP contribution in [0.5, 0.6) is 0 Å². The fraction of sp³-hybridized carbons (Fsp3) is 0.750. The second-order valence-electron chi connectivity index (χ2n) is 6.77. The Morgan fingerprint density at radius 3 is 2.50 bits per heavy atom. The molecule has 0 saturated carbocycles. The molecule has 0 radical (unpaired) electrons. The number of nitrogens with zero attached hydrogens (tertiary/aromatic N) is 1. The number of aromatic nitrogens is 2. The number of aliphatic hydroxyl groups is 4. The molecule has 12 heteroatoms. The molecule has 1 aromatic rings. The van der Waals surface area contributed by atoms with Crippen LogP contribution in [0.2, 0.25) is 0 Å². The molecule has 1 unspecified atom stereocenters. The van der Waals surface area contributed by atoms with Crippen LogP contribution in [0.25, 0.3) is 0 Å². The van der Waals surface area contributed by atoms with Crippen LogP contribution in [0.3, 0.4) is 0 Å². The molecule has 5 N–H and O–H groups in total. The van der Waals surface area contributed by atoms with Crippen molar-refractivity contribution < 1.29 is 39.4 Å². The van der Waals surface area contributed by atoms with Gasteiger partial charge in [-0.05, 0) is 6.92 Å². The molecule has 3 heterocycles. The van der Waals surface area contributed by atoms with Gasteiger partial charge in [0.1, 0.15) is 36.6 Å². The van der Waals surface area contributed by atoms with Gasteiger partial charge in [0.05, 0.1) is 13.2 Å². The van der Waals surface area contributed by atoms with Gasteiger partial charge < -0.3 is 39.4 Å². The first-order chi connectivity index (χ1) is 13.3. The minimum absolute atomic E-state index is 0.232. The summed E-state index contributed by atoms with van der Waals surface area (Å²) in [7, 11) is 1.35. The molecule has 2 aliphatic rings. The van der Waals surface area contributed by atoms with Crippen LogP contribution < -0.4 is 11.2 Å². The Balaban J connectivity index is 1.69. The molecule has 8 atom stereocenters. The fourth-order valence-electron chi connectivity index (χ4n) is 3.30. The first kappa shape index (κ1) is 21.1. The molecule has 0 spiro atoms. The van der Waals surface area contributed by atoms with Crippen LogP contribution in [0.15, 0.2) is 15.8 Å². The average Bonchev–Trinajstić information content (AvgIpc) is 3.13. The molecule has 12 nitrogen and oxygen atoms in total. The normalized spacial score (nSPS) is 38.2. The zero-order valence-corrected chi connectivity index (χ0v) is 15.3. The summed E-state index contributed by atoms with van der Waals surface area (Å²) in [6.45, 7) is 0.804. The van der Waals surface area contributed by atoms with Gasteiger partial charge in [-0.1, -0.05) is 0 Å². The summed E-state index contributed by atoms with van der Waals surface area (Å²) >= 11 is 0. The lowest BCUT2D eigenvalue weighted by atomic mass is 10.1. The van der Waals surface area contributed by atoms with Gasteiger partial charge in [0.25, 0.3) is 5.56 Å². The van der Waals surface area contributed by atoms with Crippen LogP contribution in [0, 0.1) is 6.92 Å². The summed E-state index contributed by atoms with van der Waals surface area (Å²) in [5, 5.41) is 39.7. The maximum absolute atomic E-state index is 12.0. The second-order valence-corrected chi connectivity index (χ2v) is 6.77.